The van der Waals surface area contributed by atoms with Crippen molar-refractivity contribution in [1.82, 2.24) is 15.2 Å². The second-order valence-electron chi connectivity index (χ2n) is 2.79. The van der Waals surface area contributed by atoms with E-state index in [1.165, 1.54) is 0 Å². The predicted octanol–water partition coefficient (Wildman–Crippen LogP) is 1.91. The highest BCUT2D eigenvalue weighted by Crippen LogP contribution is 2.05. The van der Waals surface area contributed by atoms with Gasteiger partial charge in [-0.3, -0.25) is 9.78 Å². The normalized spacial score (nSPS) is 9.53. The fraction of sp³-hybridized carbons (Fsp3) is 0.364. The van der Waals surface area contributed by atoms with E-state index in [1.54, 1.807) is 12.3 Å². The number of aromatic amines is 1. The molecule has 0 aliphatic carbocycles. The van der Waals surface area contributed by atoms with Crippen molar-refractivity contribution in [2.24, 2.45) is 0 Å². The van der Waals surface area contributed by atoms with Gasteiger partial charge < -0.3 is 0 Å². The zero-order valence-electron chi connectivity index (χ0n) is 9.24. The molecule has 4 nitrogen and oxygen atoms in total. The topological polar surface area (TPSA) is 58.6 Å². The Hall–Kier alpha value is -1.71. The first-order chi connectivity index (χ1) is 7.31. The lowest BCUT2D eigenvalue weighted by molar-refractivity contribution is 0.992. The molecule has 0 atom stereocenters. The highest BCUT2D eigenvalue weighted by atomic mass is 16.1. The van der Waals surface area contributed by atoms with Gasteiger partial charge in [0.2, 0.25) is 0 Å². The van der Waals surface area contributed by atoms with Crippen molar-refractivity contribution in [2.45, 2.75) is 27.2 Å². The van der Waals surface area contributed by atoms with Crippen LogP contribution >= 0.6 is 0 Å². The summed E-state index contributed by atoms with van der Waals surface area (Å²) in [5.41, 5.74) is 1.44. The van der Waals surface area contributed by atoms with Gasteiger partial charge in [-0.05, 0) is 18.6 Å². The van der Waals surface area contributed by atoms with Gasteiger partial charge in [0, 0.05) is 5.69 Å². The lowest BCUT2D eigenvalue weighted by atomic mass is 10.2. The molecule has 4 heteroatoms. The molecule has 0 aromatic carbocycles. The molecule has 2 aromatic heterocycles. The number of fused-ring (bicyclic) bond motifs is 1. The van der Waals surface area contributed by atoms with Crippen molar-refractivity contribution in [2.75, 3.05) is 0 Å². The van der Waals surface area contributed by atoms with Crippen molar-refractivity contribution in [3.63, 3.8) is 0 Å². The molecule has 15 heavy (non-hydrogen) atoms. The van der Waals surface area contributed by atoms with Crippen LogP contribution in [0.1, 0.15) is 26.5 Å². The fourth-order valence-corrected chi connectivity index (χ4v) is 1.22. The molecule has 80 valence electrons. The lowest BCUT2D eigenvalue weighted by Crippen LogP contribution is -2.08. The minimum Gasteiger partial charge on any atom is -0.267 e. The van der Waals surface area contributed by atoms with Crippen LogP contribution in [-0.2, 0) is 6.42 Å². The summed E-state index contributed by atoms with van der Waals surface area (Å²) in [5, 5.41) is 6.64. The molecule has 0 aliphatic heterocycles. The van der Waals surface area contributed by atoms with Gasteiger partial charge in [0.05, 0.1) is 17.1 Å². The number of hydrogen-bond donors (Lipinski definition) is 1. The van der Waals surface area contributed by atoms with Crippen LogP contribution < -0.4 is 5.56 Å². The van der Waals surface area contributed by atoms with Crippen molar-refractivity contribution in [3.05, 3.63) is 34.4 Å². The first-order valence-electron chi connectivity index (χ1n) is 5.14. The van der Waals surface area contributed by atoms with Gasteiger partial charge in [-0.1, -0.05) is 20.8 Å². The van der Waals surface area contributed by atoms with E-state index in [0.717, 1.165) is 12.1 Å². The van der Waals surface area contributed by atoms with E-state index in [2.05, 4.69) is 15.2 Å². The molecule has 2 aromatic rings. The molecular weight excluding hydrogens is 190 g/mol. The Morgan fingerprint density at radius 1 is 1.33 bits per heavy atom. The van der Waals surface area contributed by atoms with Crippen molar-refractivity contribution in [3.8, 4) is 0 Å². The highest BCUT2D eigenvalue weighted by molar-refractivity contribution is 5.76. The number of pyridine rings is 1. The Morgan fingerprint density at radius 3 is 2.73 bits per heavy atom. The summed E-state index contributed by atoms with van der Waals surface area (Å²) in [6, 6.07) is 3.64. The van der Waals surface area contributed by atoms with Crippen LogP contribution in [0.3, 0.4) is 0 Å². The van der Waals surface area contributed by atoms with Crippen LogP contribution in [0.5, 0.6) is 0 Å². The van der Waals surface area contributed by atoms with Gasteiger partial charge in [0.25, 0.3) is 5.56 Å². The van der Waals surface area contributed by atoms with E-state index in [4.69, 9.17) is 0 Å². The van der Waals surface area contributed by atoms with E-state index >= 15 is 0 Å². The second-order valence-corrected chi connectivity index (χ2v) is 2.79. The molecule has 0 saturated carbocycles. The second kappa shape index (κ2) is 5.24. The first kappa shape index (κ1) is 11.4. The number of nitrogens with one attached hydrogen (secondary N) is 1. The average Bonchev–Trinajstić information content (AvgIpc) is 2.31. The van der Waals surface area contributed by atoms with Gasteiger partial charge in [-0.15, -0.1) is 0 Å². The number of rotatable bonds is 1. The molecular formula is C11H15N3O. The van der Waals surface area contributed by atoms with Gasteiger partial charge in [-0.2, -0.15) is 5.10 Å². The monoisotopic (exact) mass is 205 g/mol. The molecule has 2 rings (SSSR count). The number of aromatic nitrogens is 3. The maximum absolute atomic E-state index is 11.2. The van der Waals surface area contributed by atoms with E-state index in [9.17, 15) is 4.79 Å². The Morgan fingerprint density at radius 2 is 2.07 bits per heavy atom. The Balaban J connectivity index is 0.000000531. The molecule has 0 saturated heterocycles. The summed E-state index contributed by atoms with van der Waals surface area (Å²) in [6.45, 7) is 6.02. The van der Waals surface area contributed by atoms with Gasteiger partial charge in [-0.25, -0.2) is 5.10 Å². The minimum atomic E-state index is -0.187. The molecule has 2 heterocycles. The van der Waals surface area contributed by atoms with Crippen molar-refractivity contribution < 1.29 is 0 Å². The van der Waals surface area contributed by atoms with Crippen LogP contribution in [-0.4, -0.2) is 15.2 Å². The quantitative estimate of drug-likeness (QED) is 0.773. The number of hydrogen-bond acceptors (Lipinski definition) is 3. The number of H-pyrrole nitrogens is 1. The smallest absolute Gasteiger partial charge is 0.267 e. The van der Waals surface area contributed by atoms with Gasteiger partial charge in [0.1, 0.15) is 0 Å². The van der Waals surface area contributed by atoms with E-state index < -0.39 is 0 Å². The highest BCUT2D eigenvalue weighted by Gasteiger charge is 1.99. The minimum absolute atomic E-state index is 0.187. The van der Waals surface area contributed by atoms with E-state index in [-0.39, 0.29) is 5.56 Å². The van der Waals surface area contributed by atoms with Crippen LogP contribution in [0.25, 0.3) is 10.9 Å². The summed E-state index contributed by atoms with van der Waals surface area (Å²) in [5.74, 6) is 0. The fourth-order valence-electron chi connectivity index (χ4n) is 1.22. The molecule has 0 aliphatic rings. The van der Waals surface area contributed by atoms with Crippen LogP contribution in [0, 0.1) is 0 Å². The molecule has 0 spiro atoms. The third-order valence-corrected chi connectivity index (χ3v) is 1.94. The van der Waals surface area contributed by atoms with Crippen LogP contribution in [0.2, 0.25) is 0 Å². The molecule has 0 bridgehead atoms. The van der Waals surface area contributed by atoms with E-state index in [0.29, 0.717) is 10.9 Å². The molecule has 0 amide bonds. The summed E-state index contributed by atoms with van der Waals surface area (Å²) in [6.07, 6.45) is 2.43. The maximum Gasteiger partial charge on any atom is 0.273 e. The van der Waals surface area contributed by atoms with E-state index in [1.807, 2.05) is 26.8 Å². The van der Waals surface area contributed by atoms with Gasteiger partial charge in [0.15, 0.2) is 0 Å². The number of nitrogens with zero attached hydrogens (tertiary/aromatic N) is 2. The molecule has 0 fully saturated rings. The molecule has 0 radical (unpaired) electrons. The van der Waals surface area contributed by atoms with Crippen LogP contribution in [0.15, 0.2) is 23.1 Å². The first-order valence-corrected chi connectivity index (χ1v) is 5.14. The summed E-state index contributed by atoms with van der Waals surface area (Å²) in [7, 11) is 0. The van der Waals surface area contributed by atoms with Crippen LogP contribution in [0.4, 0.5) is 0 Å². The SMILES string of the molecule is CC.CCc1ccc2c(=O)[nH]ncc2n1. The largest absolute Gasteiger partial charge is 0.273 e. The Bertz CT molecular complexity index is 490. The third-order valence-electron chi connectivity index (χ3n) is 1.94. The summed E-state index contributed by atoms with van der Waals surface area (Å²) < 4.78 is 0. The zero-order chi connectivity index (χ0) is 11.3. The Labute approximate surface area is 88.4 Å². The number of aryl methyl sites for hydroxylation is 1. The standard InChI is InChI=1S/C9H9N3O.C2H6/c1-2-6-3-4-7-8(11-6)5-10-12-9(7)13;1-2/h3-5H,2H2,1H3,(H,12,13);1-2H3. The molecule has 0 unspecified atom stereocenters. The zero-order valence-corrected chi connectivity index (χ0v) is 9.24. The Kier molecular flexibility index (Phi) is 3.97. The van der Waals surface area contributed by atoms with Crippen molar-refractivity contribution in [1.29, 1.82) is 0 Å². The lowest BCUT2D eigenvalue weighted by Gasteiger charge is -1.97. The summed E-state index contributed by atoms with van der Waals surface area (Å²) in [4.78, 5) is 15.5. The maximum atomic E-state index is 11.2. The van der Waals surface area contributed by atoms with Gasteiger partial charge >= 0.3 is 0 Å². The molecule has 1 N–H and O–H groups in total. The summed E-state index contributed by atoms with van der Waals surface area (Å²) >= 11 is 0. The average molecular weight is 205 g/mol. The predicted molar refractivity (Wildman–Crippen MR) is 60.9 cm³/mol. The third kappa shape index (κ3) is 2.40. The van der Waals surface area contributed by atoms with Crippen molar-refractivity contribution >= 4 is 10.9 Å².